The molecule has 1 saturated heterocycles. The van der Waals surface area contributed by atoms with Crippen LogP contribution in [-0.2, 0) is 12.7 Å². The minimum absolute atomic E-state index is 0.0142. The molecule has 1 aliphatic heterocycles. The lowest BCUT2D eigenvalue weighted by molar-refractivity contribution is -0.137. The average Bonchev–Trinajstić information content (AvgIpc) is 2.62. The van der Waals surface area contributed by atoms with Gasteiger partial charge in [-0.2, -0.15) is 18.4 Å². The van der Waals surface area contributed by atoms with Crippen molar-refractivity contribution in [1.29, 1.82) is 5.26 Å². The van der Waals surface area contributed by atoms with Crippen LogP contribution >= 0.6 is 11.6 Å². The topological polar surface area (TPSA) is 43.2 Å². The first kappa shape index (κ1) is 18.5. The Kier molecular flexibility index (Phi) is 5.35. The SMILES string of the molecule is N#Cc1ccc(CN2CCN(c3ncc(C(F)(F)F)cc3Cl)CC2)cc1. The van der Waals surface area contributed by atoms with Crippen LogP contribution in [0.4, 0.5) is 19.0 Å². The maximum absolute atomic E-state index is 12.7. The van der Waals surface area contributed by atoms with Gasteiger partial charge < -0.3 is 4.90 Å². The Balaban J connectivity index is 1.60. The first-order valence-corrected chi connectivity index (χ1v) is 8.43. The van der Waals surface area contributed by atoms with E-state index < -0.39 is 11.7 Å². The summed E-state index contributed by atoms with van der Waals surface area (Å²) in [6, 6.07) is 10.5. The molecule has 2 heterocycles. The smallest absolute Gasteiger partial charge is 0.353 e. The normalized spacial score (nSPS) is 15.7. The van der Waals surface area contributed by atoms with E-state index in [0.717, 1.165) is 37.5 Å². The Hall–Kier alpha value is -2.30. The van der Waals surface area contributed by atoms with Crippen LogP contribution in [0, 0.1) is 11.3 Å². The summed E-state index contributed by atoms with van der Waals surface area (Å²) in [6.07, 6.45) is -3.63. The monoisotopic (exact) mass is 380 g/mol. The van der Waals surface area contributed by atoms with Gasteiger partial charge in [0.25, 0.3) is 0 Å². The number of anilines is 1. The first-order valence-electron chi connectivity index (χ1n) is 8.06. The fourth-order valence-corrected chi connectivity index (χ4v) is 3.16. The Labute approximate surface area is 154 Å². The van der Waals surface area contributed by atoms with Gasteiger partial charge in [0.15, 0.2) is 0 Å². The summed E-state index contributed by atoms with van der Waals surface area (Å²) in [4.78, 5) is 8.07. The molecule has 4 nitrogen and oxygen atoms in total. The van der Waals surface area contributed by atoms with Crippen molar-refractivity contribution in [3.05, 3.63) is 58.2 Å². The molecule has 0 spiro atoms. The Morgan fingerprint density at radius 3 is 2.31 bits per heavy atom. The molecular formula is C18H16ClF3N4. The number of alkyl halides is 3. The predicted octanol–water partition coefficient (Wildman–Crippen LogP) is 3.95. The van der Waals surface area contributed by atoms with E-state index in [-0.39, 0.29) is 5.02 Å². The van der Waals surface area contributed by atoms with Crippen molar-refractivity contribution in [1.82, 2.24) is 9.88 Å². The Bertz CT molecular complexity index is 807. The second-order valence-corrected chi connectivity index (χ2v) is 6.51. The third-order valence-electron chi connectivity index (χ3n) is 4.31. The van der Waals surface area contributed by atoms with E-state index in [9.17, 15) is 13.2 Å². The molecule has 1 fully saturated rings. The van der Waals surface area contributed by atoms with Gasteiger partial charge in [0, 0.05) is 38.9 Å². The number of pyridine rings is 1. The second-order valence-electron chi connectivity index (χ2n) is 6.10. The van der Waals surface area contributed by atoms with Crippen molar-refractivity contribution < 1.29 is 13.2 Å². The number of benzene rings is 1. The van der Waals surface area contributed by atoms with Gasteiger partial charge in [-0.15, -0.1) is 0 Å². The van der Waals surface area contributed by atoms with E-state index in [2.05, 4.69) is 16.0 Å². The zero-order valence-electron chi connectivity index (χ0n) is 13.8. The van der Waals surface area contributed by atoms with Crippen LogP contribution in [0.2, 0.25) is 5.02 Å². The molecule has 0 radical (unpaired) electrons. The van der Waals surface area contributed by atoms with E-state index in [0.29, 0.717) is 24.5 Å². The van der Waals surface area contributed by atoms with Crippen molar-refractivity contribution in [3.8, 4) is 6.07 Å². The van der Waals surface area contributed by atoms with Crippen molar-refractivity contribution in [3.63, 3.8) is 0 Å². The number of nitriles is 1. The van der Waals surface area contributed by atoms with Gasteiger partial charge in [0.1, 0.15) is 5.82 Å². The van der Waals surface area contributed by atoms with E-state index >= 15 is 0 Å². The summed E-state index contributed by atoms with van der Waals surface area (Å²) in [5, 5.41) is 8.84. The molecule has 1 aliphatic rings. The van der Waals surface area contributed by atoms with Crippen LogP contribution in [-0.4, -0.2) is 36.1 Å². The molecular weight excluding hydrogens is 365 g/mol. The highest BCUT2D eigenvalue weighted by atomic mass is 35.5. The molecule has 26 heavy (non-hydrogen) atoms. The van der Waals surface area contributed by atoms with Gasteiger partial charge >= 0.3 is 6.18 Å². The molecule has 0 atom stereocenters. The molecule has 2 aromatic rings. The summed E-state index contributed by atoms with van der Waals surface area (Å²) in [5.41, 5.74) is 0.899. The van der Waals surface area contributed by atoms with Crippen LogP contribution in [0.15, 0.2) is 36.5 Å². The van der Waals surface area contributed by atoms with Gasteiger partial charge in [-0.25, -0.2) is 4.98 Å². The van der Waals surface area contributed by atoms with Crippen LogP contribution in [0.5, 0.6) is 0 Å². The largest absolute Gasteiger partial charge is 0.417 e. The number of hydrogen-bond donors (Lipinski definition) is 0. The molecule has 0 N–H and O–H groups in total. The molecule has 0 unspecified atom stereocenters. The maximum Gasteiger partial charge on any atom is 0.417 e. The molecule has 1 aromatic heterocycles. The van der Waals surface area contributed by atoms with Gasteiger partial charge in [-0.05, 0) is 23.8 Å². The lowest BCUT2D eigenvalue weighted by Crippen LogP contribution is -2.46. The van der Waals surface area contributed by atoms with Gasteiger partial charge in [-0.1, -0.05) is 23.7 Å². The number of piperazine rings is 1. The Morgan fingerprint density at radius 1 is 1.12 bits per heavy atom. The lowest BCUT2D eigenvalue weighted by atomic mass is 10.1. The molecule has 0 amide bonds. The molecule has 0 aliphatic carbocycles. The van der Waals surface area contributed by atoms with E-state index in [1.807, 2.05) is 17.0 Å². The van der Waals surface area contributed by atoms with E-state index in [4.69, 9.17) is 16.9 Å². The van der Waals surface area contributed by atoms with Gasteiger partial charge in [-0.3, -0.25) is 4.90 Å². The highest BCUT2D eigenvalue weighted by molar-refractivity contribution is 6.33. The van der Waals surface area contributed by atoms with E-state index in [1.165, 1.54) is 0 Å². The van der Waals surface area contributed by atoms with Crippen molar-refractivity contribution in [2.75, 3.05) is 31.1 Å². The first-order chi connectivity index (χ1) is 12.4. The van der Waals surface area contributed by atoms with Crippen LogP contribution < -0.4 is 4.90 Å². The molecule has 3 rings (SSSR count). The molecule has 0 bridgehead atoms. The summed E-state index contributed by atoms with van der Waals surface area (Å²) in [5.74, 6) is 0.387. The summed E-state index contributed by atoms with van der Waals surface area (Å²) >= 11 is 6.02. The highest BCUT2D eigenvalue weighted by Crippen LogP contribution is 2.33. The summed E-state index contributed by atoms with van der Waals surface area (Å²) < 4.78 is 38.1. The number of halogens is 4. The number of nitrogens with zero attached hydrogens (tertiary/aromatic N) is 4. The molecule has 1 aromatic carbocycles. The van der Waals surface area contributed by atoms with Crippen LogP contribution in [0.3, 0.4) is 0 Å². The highest BCUT2D eigenvalue weighted by Gasteiger charge is 2.32. The van der Waals surface area contributed by atoms with E-state index in [1.54, 1.807) is 12.1 Å². The minimum Gasteiger partial charge on any atom is -0.353 e. The minimum atomic E-state index is -4.45. The predicted molar refractivity (Wildman–Crippen MR) is 92.9 cm³/mol. The molecule has 8 heteroatoms. The van der Waals surface area contributed by atoms with Crippen LogP contribution in [0.25, 0.3) is 0 Å². The van der Waals surface area contributed by atoms with Crippen molar-refractivity contribution in [2.45, 2.75) is 12.7 Å². The van der Waals surface area contributed by atoms with Gasteiger partial charge in [0.05, 0.1) is 22.2 Å². The van der Waals surface area contributed by atoms with Crippen molar-refractivity contribution >= 4 is 17.4 Å². The number of rotatable bonds is 3. The molecule has 136 valence electrons. The summed E-state index contributed by atoms with van der Waals surface area (Å²) in [7, 11) is 0. The summed E-state index contributed by atoms with van der Waals surface area (Å²) in [6.45, 7) is 3.52. The van der Waals surface area contributed by atoms with Gasteiger partial charge in [0.2, 0.25) is 0 Å². The van der Waals surface area contributed by atoms with Crippen molar-refractivity contribution in [2.24, 2.45) is 0 Å². The zero-order valence-corrected chi connectivity index (χ0v) is 14.6. The Morgan fingerprint density at radius 2 is 1.77 bits per heavy atom. The lowest BCUT2D eigenvalue weighted by Gasteiger charge is -2.35. The average molecular weight is 381 g/mol. The third-order valence-corrected chi connectivity index (χ3v) is 4.59. The standard InChI is InChI=1S/C18H16ClF3N4/c19-16-9-15(18(20,21)22)11-24-17(16)26-7-5-25(6-8-26)12-14-3-1-13(10-23)2-4-14/h1-4,9,11H,5-8,12H2. The number of hydrogen-bond acceptors (Lipinski definition) is 4. The van der Waals surface area contributed by atoms with Crippen LogP contribution in [0.1, 0.15) is 16.7 Å². The third kappa shape index (κ3) is 4.26. The number of aromatic nitrogens is 1. The fourth-order valence-electron chi connectivity index (χ4n) is 2.88. The quantitative estimate of drug-likeness (QED) is 0.808. The zero-order chi connectivity index (χ0) is 18.7. The fraction of sp³-hybridized carbons (Fsp3) is 0.333. The molecule has 0 saturated carbocycles. The second kappa shape index (κ2) is 7.52. The maximum atomic E-state index is 12.7.